The van der Waals surface area contributed by atoms with Gasteiger partial charge in [0.15, 0.2) is 0 Å². The lowest BCUT2D eigenvalue weighted by Gasteiger charge is -2.38. The molecule has 0 bridgehead atoms. The highest BCUT2D eigenvalue weighted by Gasteiger charge is 2.26. The van der Waals surface area contributed by atoms with Crippen molar-refractivity contribution in [2.75, 3.05) is 64.9 Å². The van der Waals surface area contributed by atoms with E-state index in [1.807, 2.05) is 12.1 Å². The predicted octanol–water partition coefficient (Wildman–Crippen LogP) is 3.52. The Labute approximate surface area is 174 Å². The molecule has 2 aliphatic heterocycles. The third-order valence-electron chi connectivity index (χ3n) is 6.28. The first-order valence-electron chi connectivity index (χ1n) is 10.5. The molecule has 1 saturated heterocycles. The van der Waals surface area contributed by atoms with Gasteiger partial charge >= 0.3 is 0 Å². The number of halogens is 1. The summed E-state index contributed by atoms with van der Waals surface area (Å²) in [4.78, 5) is 14.6. The van der Waals surface area contributed by atoms with Crippen LogP contribution in [0.1, 0.15) is 25.7 Å². The molecule has 0 spiro atoms. The highest BCUT2D eigenvalue weighted by molar-refractivity contribution is 6.30. The topological polar surface area (TPSA) is 25.3 Å². The molecule has 0 amide bonds. The fourth-order valence-corrected chi connectivity index (χ4v) is 4.66. The van der Waals surface area contributed by atoms with Gasteiger partial charge in [0.1, 0.15) is 12.5 Å². The third kappa shape index (κ3) is 4.31. The number of allylic oxidation sites excluding steroid dienone is 1. The minimum atomic E-state index is 0.804. The highest BCUT2D eigenvalue weighted by atomic mass is 35.5. The summed E-state index contributed by atoms with van der Waals surface area (Å²) >= 11 is 6.01. The predicted molar refractivity (Wildman–Crippen MR) is 118 cm³/mol. The molecule has 0 saturated carbocycles. The second-order valence-electron chi connectivity index (χ2n) is 8.18. The van der Waals surface area contributed by atoms with E-state index in [4.69, 9.17) is 16.6 Å². The zero-order chi connectivity index (χ0) is 19.5. The van der Waals surface area contributed by atoms with Gasteiger partial charge in [-0.05, 0) is 49.9 Å². The van der Waals surface area contributed by atoms with Gasteiger partial charge < -0.3 is 14.7 Å². The van der Waals surface area contributed by atoms with E-state index in [1.54, 1.807) is 0 Å². The quantitative estimate of drug-likeness (QED) is 0.770. The van der Waals surface area contributed by atoms with Crippen LogP contribution in [0.5, 0.6) is 0 Å². The van der Waals surface area contributed by atoms with Crippen molar-refractivity contribution in [1.82, 2.24) is 14.7 Å². The highest BCUT2D eigenvalue weighted by Crippen LogP contribution is 2.30. The van der Waals surface area contributed by atoms with Crippen LogP contribution in [0.3, 0.4) is 0 Å². The molecule has 1 aromatic rings. The van der Waals surface area contributed by atoms with Crippen LogP contribution in [0.15, 0.2) is 40.5 Å². The minimum absolute atomic E-state index is 0.804. The van der Waals surface area contributed by atoms with E-state index in [2.05, 4.69) is 45.8 Å². The molecule has 1 fully saturated rings. The number of aliphatic imine (C=N–C) groups is 1. The van der Waals surface area contributed by atoms with Crippen LogP contribution >= 0.6 is 11.6 Å². The summed E-state index contributed by atoms with van der Waals surface area (Å²) in [6.07, 6.45) is 5.01. The van der Waals surface area contributed by atoms with Crippen LogP contribution < -0.4 is 4.90 Å². The number of amidine groups is 1. The Kier molecular flexibility index (Phi) is 6.12. The second kappa shape index (κ2) is 8.75. The molecule has 0 unspecified atom stereocenters. The SMILES string of the molecule is CN(CCN1CCN(c2ccc(Cl)cc2)CC1)C1=NCN(C)C2=C1CCCC2. The summed E-state index contributed by atoms with van der Waals surface area (Å²) in [5.74, 6) is 1.24. The Morgan fingerprint density at radius 2 is 1.75 bits per heavy atom. The minimum Gasteiger partial charge on any atom is -0.369 e. The molecule has 3 aliphatic rings. The summed E-state index contributed by atoms with van der Waals surface area (Å²) in [5.41, 5.74) is 4.30. The standard InChI is InChI=1S/C22H32ClN5/c1-25(22-20-5-3-4-6-21(20)26(2)17-24-22)11-12-27-13-15-28(16-14-27)19-9-7-18(23)8-10-19/h7-10H,3-6,11-17H2,1-2H3. The number of rotatable bonds is 4. The Morgan fingerprint density at radius 1 is 1.04 bits per heavy atom. The summed E-state index contributed by atoms with van der Waals surface area (Å²) < 4.78 is 0. The monoisotopic (exact) mass is 401 g/mol. The fourth-order valence-electron chi connectivity index (χ4n) is 4.54. The van der Waals surface area contributed by atoms with E-state index in [9.17, 15) is 0 Å². The van der Waals surface area contributed by atoms with Gasteiger partial charge in [0, 0.05) is 75.3 Å². The number of hydrogen-bond donors (Lipinski definition) is 0. The second-order valence-corrected chi connectivity index (χ2v) is 8.62. The molecule has 2 heterocycles. The normalized spacial score (nSPS) is 20.9. The van der Waals surface area contributed by atoms with Crippen LogP contribution in [0.25, 0.3) is 0 Å². The Morgan fingerprint density at radius 3 is 2.50 bits per heavy atom. The average Bonchev–Trinajstić information content (AvgIpc) is 2.73. The molecule has 28 heavy (non-hydrogen) atoms. The first-order valence-corrected chi connectivity index (χ1v) is 10.9. The number of benzene rings is 1. The maximum Gasteiger partial charge on any atom is 0.130 e. The van der Waals surface area contributed by atoms with Gasteiger partial charge in [0.25, 0.3) is 0 Å². The summed E-state index contributed by atoms with van der Waals surface area (Å²) in [5, 5.41) is 0.804. The van der Waals surface area contributed by atoms with Crippen molar-refractivity contribution >= 4 is 23.1 Å². The lowest BCUT2D eigenvalue weighted by atomic mass is 9.93. The Balaban J connectivity index is 1.28. The van der Waals surface area contributed by atoms with Gasteiger partial charge in [-0.1, -0.05) is 11.6 Å². The number of hydrogen-bond acceptors (Lipinski definition) is 5. The van der Waals surface area contributed by atoms with Crippen molar-refractivity contribution < 1.29 is 0 Å². The smallest absolute Gasteiger partial charge is 0.130 e. The van der Waals surface area contributed by atoms with Crippen molar-refractivity contribution in [3.63, 3.8) is 0 Å². The first kappa shape index (κ1) is 19.6. The molecule has 0 radical (unpaired) electrons. The first-order chi connectivity index (χ1) is 13.6. The number of nitrogens with zero attached hydrogens (tertiary/aromatic N) is 5. The number of likely N-dealkylation sites (N-methyl/N-ethyl adjacent to an activating group) is 1. The lowest BCUT2D eigenvalue weighted by molar-refractivity contribution is 0.241. The molecule has 152 valence electrons. The molecular weight excluding hydrogens is 370 g/mol. The fraction of sp³-hybridized carbons (Fsp3) is 0.591. The molecule has 4 rings (SSSR count). The van der Waals surface area contributed by atoms with Crippen LogP contribution in [0.4, 0.5) is 5.69 Å². The van der Waals surface area contributed by atoms with E-state index in [1.165, 1.54) is 48.5 Å². The Hall–Kier alpha value is -1.72. The van der Waals surface area contributed by atoms with E-state index in [0.717, 1.165) is 51.0 Å². The summed E-state index contributed by atoms with van der Waals surface area (Å²) in [6.45, 7) is 7.32. The summed E-state index contributed by atoms with van der Waals surface area (Å²) in [6, 6.07) is 8.21. The maximum atomic E-state index is 6.01. The van der Waals surface area contributed by atoms with Crippen molar-refractivity contribution in [2.24, 2.45) is 4.99 Å². The largest absolute Gasteiger partial charge is 0.369 e. The van der Waals surface area contributed by atoms with Gasteiger partial charge in [0.05, 0.1) is 0 Å². The molecule has 0 N–H and O–H groups in total. The molecule has 5 nitrogen and oxygen atoms in total. The molecular formula is C22H32ClN5. The van der Waals surface area contributed by atoms with Crippen molar-refractivity contribution in [1.29, 1.82) is 0 Å². The van der Waals surface area contributed by atoms with Crippen molar-refractivity contribution in [3.8, 4) is 0 Å². The van der Waals surface area contributed by atoms with Gasteiger partial charge in [-0.25, -0.2) is 4.99 Å². The van der Waals surface area contributed by atoms with E-state index >= 15 is 0 Å². The van der Waals surface area contributed by atoms with E-state index in [0.29, 0.717) is 0 Å². The molecule has 1 aliphatic carbocycles. The lowest BCUT2D eigenvalue weighted by Crippen LogP contribution is -2.49. The van der Waals surface area contributed by atoms with Crippen LogP contribution in [0, 0.1) is 0 Å². The number of anilines is 1. The van der Waals surface area contributed by atoms with Crippen LogP contribution in [-0.4, -0.2) is 80.6 Å². The molecule has 1 aromatic carbocycles. The third-order valence-corrected chi connectivity index (χ3v) is 6.53. The zero-order valence-electron chi connectivity index (χ0n) is 17.2. The van der Waals surface area contributed by atoms with Gasteiger partial charge in [-0.3, -0.25) is 4.90 Å². The summed E-state index contributed by atoms with van der Waals surface area (Å²) in [7, 11) is 4.40. The average molecular weight is 402 g/mol. The van der Waals surface area contributed by atoms with Crippen molar-refractivity contribution in [3.05, 3.63) is 40.6 Å². The van der Waals surface area contributed by atoms with E-state index < -0.39 is 0 Å². The van der Waals surface area contributed by atoms with Gasteiger partial charge in [-0.2, -0.15) is 0 Å². The van der Waals surface area contributed by atoms with Crippen LogP contribution in [-0.2, 0) is 0 Å². The van der Waals surface area contributed by atoms with Crippen molar-refractivity contribution in [2.45, 2.75) is 25.7 Å². The molecule has 6 heteroatoms. The number of piperazine rings is 1. The van der Waals surface area contributed by atoms with Gasteiger partial charge in [0.2, 0.25) is 0 Å². The zero-order valence-corrected chi connectivity index (χ0v) is 18.0. The van der Waals surface area contributed by atoms with E-state index in [-0.39, 0.29) is 0 Å². The van der Waals surface area contributed by atoms with Crippen LogP contribution in [0.2, 0.25) is 5.02 Å². The Bertz CT molecular complexity index is 734. The maximum absolute atomic E-state index is 6.01. The molecule has 0 atom stereocenters. The molecule has 0 aromatic heterocycles. The van der Waals surface area contributed by atoms with Gasteiger partial charge in [-0.15, -0.1) is 0 Å².